The van der Waals surface area contributed by atoms with Crippen LogP contribution in [0.25, 0.3) is 0 Å². The van der Waals surface area contributed by atoms with Crippen LogP contribution >= 0.6 is 0 Å². The quantitative estimate of drug-likeness (QED) is 0.372. The van der Waals surface area contributed by atoms with Gasteiger partial charge in [-0.1, -0.05) is 0 Å². The Bertz CT molecular complexity index is 99.8. The Balaban J connectivity index is -0.000000208. The second-order valence-electron chi connectivity index (χ2n) is 2.95. The van der Waals surface area contributed by atoms with Gasteiger partial charge in [0.05, 0.1) is 0 Å². The van der Waals surface area contributed by atoms with Gasteiger partial charge < -0.3 is 38.1 Å². The van der Waals surface area contributed by atoms with E-state index >= 15 is 0 Å². The molecule has 0 aromatic rings. The minimum atomic E-state index is -0.0972. The molecule has 0 saturated carbocycles. The first-order valence-electron chi connectivity index (χ1n) is 5.45. The summed E-state index contributed by atoms with van der Waals surface area (Å²) >= 11 is 0. The number of rotatable bonds is 5. The Labute approximate surface area is 127 Å². The molecule has 16 heavy (non-hydrogen) atoms. The van der Waals surface area contributed by atoms with Crippen LogP contribution in [0.4, 0.5) is 0 Å². The third kappa shape index (κ3) is 15.1. The van der Waals surface area contributed by atoms with Crippen LogP contribution < -0.4 is 17.0 Å². The molecule has 0 atom stereocenters. The van der Waals surface area contributed by atoms with Crippen molar-refractivity contribution in [2.75, 3.05) is 26.4 Å². The Morgan fingerprint density at radius 1 is 1.12 bits per heavy atom. The molecule has 1 rings (SSSR count). The summed E-state index contributed by atoms with van der Waals surface area (Å²) in [6, 6.07) is 0. The molecule has 1 fully saturated rings. The van der Waals surface area contributed by atoms with E-state index in [-0.39, 0.29) is 46.3 Å². The number of hydrogen-bond donors (Lipinski definition) is 0. The van der Waals surface area contributed by atoms with E-state index in [1.54, 1.807) is 0 Å². The van der Waals surface area contributed by atoms with Gasteiger partial charge >= 0.3 is 23.1 Å². The zero-order valence-corrected chi connectivity index (χ0v) is 13.5. The summed E-state index contributed by atoms with van der Waals surface area (Å²) in [5.41, 5.74) is 0. The molecule has 5 heteroatoms. The first kappa shape index (κ1) is 22.3. The van der Waals surface area contributed by atoms with Gasteiger partial charge in [-0.25, -0.2) is 0 Å². The van der Waals surface area contributed by atoms with Crippen LogP contribution in [0, 0.1) is 6.92 Å². The molecule has 0 spiro atoms. The van der Waals surface area contributed by atoms with Gasteiger partial charge in [0.25, 0.3) is 0 Å². The molecule has 3 nitrogen and oxygen atoms in total. The molecule has 1 aliphatic rings. The van der Waals surface area contributed by atoms with Crippen molar-refractivity contribution in [3.8, 4) is 0 Å². The molecule has 1 heterocycles. The largest absolute Gasteiger partial charge is 2.00 e. The molecule has 0 radical (unpaired) electrons. The summed E-state index contributed by atoms with van der Waals surface area (Å²) in [7, 11) is 0. The Morgan fingerprint density at radius 3 is 1.75 bits per heavy atom. The normalized spacial score (nSPS) is 13.5. The van der Waals surface area contributed by atoms with E-state index in [2.05, 4.69) is 6.92 Å². The molecule has 0 N–H and O–H groups in total. The van der Waals surface area contributed by atoms with Crippen molar-refractivity contribution < 1.29 is 31.2 Å². The van der Waals surface area contributed by atoms with E-state index in [9.17, 15) is 0 Å². The van der Waals surface area contributed by atoms with Crippen LogP contribution in [0.2, 0.25) is 0 Å². The van der Waals surface area contributed by atoms with Crippen molar-refractivity contribution in [3.05, 3.63) is 6.92 Å². The molecule has 94 valence electrons. The number of hydrogen-bond acceptors (Lipinski definition) is 3. The summed E-state index contributed by atoms with van der Waals surface area (Å²) in [5, 5.41) is 0. The molecule has 1 saturated heterocycles. The summed E-state index contributed by atoms with van der Waals surface area (Å²) < 4.78 is 15.2. The van der Waals surface area contributed by atoms with Gasteiger partial charge in [0.2, 0.25) is 0 Å². The van der Waals surface area contributed by atoms with Gasteiger partial charge in [-0.05, 0) is 26.7 Å². The van der Waals surface area contributed by atoms with Gasteiger partial charge in [-0.3, -0.25) is 0 Å². The fourth-order valence-electron chi connectivity index (χ4n) is 1.10. The van der Waals surface area contributed by atoms with Crippen molar-refractivity contribution in [2.45, 2.75) is 39.4 Å². The summed E-state index contributed by atoms with van der Waals surface area (Å²) in [4.78, 5) is 0. The topological polar surface area (TPSA) is 27.7 Å². The molecule has 0 bridgehead atoms. The van der Waals surface area contributed by atoms with E-state index < -0.39 is 0 Å². The van der Waals surface area contributed by atoms with E-state index in [0.29, 0.717) is 19.6 Å². The molecular weight excluding hydrogens is 284 g/mol. The van der Waals surface area contributed by atoms with Crippen molar-refractivity contribution in [1.29, 1.82) is 0 Å². The van der Waals surface area contributed by atoms with Crippen LogP contribution in [0.3, 0.4) is 0 Å². The molecule has 0 amide bonds. The van der Waals surface area contributed by atoms with E-state index in [1.807, 2.05) is 13.8 Å². The van der Waals surface area contributed by atoms with Crippen molar-refractivity contribution in [2.24, 2.45) is 0 Å². The standard InChI is InChI=1S/C7H15O2.C4H8O.BrH.Mg/c1-4-7(8-5-2)9-6-3;1-2-4-5-3-1;;/h7H,1,4-6H2,2-3H3;1-4H2;1H;/q-1;;;+2/p-1. The van der Waals surface area contributed by atoms with Crippen LogP contribution in [-0.4, -0.2) is 55.8 Å². The SMILES string of the molecule is C1CCOC1.[Br-].[CH2-]CC(OCC)OCC.[Mg+2]. The Morgan fingerprint density at radius 2 is 1.56 bits per heavy atom. The van der Waals surface area contributed by atoms with Crippen LogP contribution in [0.1, 0.15) is 33.1 Å². The zero-order chi connectivity index (χ0) is 10.6. The minimum Gasteiger partial charge on any atom is -1.00 e. The fourth-order valence-corrected chi connectivity index (χ4v) is 1.10. The maximum Gasteiger partial charge on any atom is 2.00 e. The smallest absolute Gasteiger partial charge is 1.00 e. The van der Waals surface area contributed by atoms with E-state index in [1.165, 1.54) is 12.8 Å². The van der Waals surface area contributed by atoms with Crippen LogP contribution in [0.15, 0.2) is 0 Å². The first-order valence-corrected chi connectivity index (χ1v) is 5.45. The average Bonchev–Trinajstić information content (AvgIpc) is 2.75. The van der Waals surface area contributed by atoms with Gasteiger partial charge in [-0.15, -0.1) is 6.42 Å². The molecule has 0 aromatic carbocycles. The molecule has 1 aliphatic heterocycles. The maximum absolute atomic E-state index is 5.15. The summed E-state index contributed by atoms with van der Waals surface area (Å²) in [6.07, 6.45) is 3.14. The van der Waals surface area contributed by atoms with Crippen molar-refractivity contribution in [1.82, 2.24) is 0 Å². The predicted octanol–water partition coefficient (Wildman–Crippen LogP) is -0.970. The first-order chi connectivity index (χ1) is 6.85. The van der Waals surface area contributed by atoms with Gasteiger partial charge in [0.1, 0.15) is 6.29 Å². The van der Waals surface area contributed by atoms with Crippen LogP contribution in [0.5, 0.6) is 0 Å². The van der Waals surface area contributed by atoms with Crippen LogP contribution in [-0.2, 0) is 14.2 Å². The Hall–Kier alpha value is 1.13. The maximum atomic E-state index is 5.15. The van der Waals surface area contributed by atoms with Gasteiger partial charge in [-0.2, -0.15) is 0 Å². The molecule has 0 aromatic heterocycles. The second kappa shape index (κ2) is 18.5. The molecular formula is C11H23BrMgO3. The average molecular weight is 308 g/mol. The zero-order valence-electron chi connectivity index (χ0n) is 10.5. The third-order valence-electron chi connectivity index (χ3n) is 1.77. The van der Waals surface area contributed by atoms with Crippen molar-refractivity contribution >= 4 is 23.1 Å². The minimum absolute atomic E-state index is 0. The van der Waals surface area contributed by atoms with E-state index in [4.69, 9.17) is 14.2 Å². The second-order valence-corrected chi connectivity index (χ2v) is 2.95. The van der Waals surface area contributed by atoms with Gasteiger partial charge in [0.15, 0.2) is 0 Å². The third-order valence-corrected chi connectivity index (χ3v) is 1.77. The van der Waals surface area contributed by atoms with E-state index in [0.717, 1.165) is 13.2 Å². The predicted molar refractivity (Wildman–Crippen MR) is 62.8 cm³/mol. The molecule has 0 unspecified atom stereocenters. The summed E-state index contributed by atoms with van der Waals surface area (Å²) in [5.74, 6) is 0. The number of ether oxygens (including phenoxy) is 3. The number of halogens is 1. The van der Waals surface area contributed by atoms with Gasteiger partial charge in [0, 0.05) is 26.4 Å². The Kier molecular flexibility index (Phi) is 25.8. The fraction of sp³-hybridized carbons (Fsp3) is 0.909. The van der Waals surface area contributed by atoms with Crippen molar-refractivity contribution in [3.63, 3.8) is 0 Å². The molecule has 0 aliphatic carbocycles. The summed E-state index contributed by atoms with van der Waals surface area (Å²) in [6.45, 7) is 11.0. The monoisotopic (exact) mass is 306 g/mol.